The molecule has 0 saturated carbocycles. The number of halogens is 1. The first-order chi connectivity index (χ1) is 12.4. The zero-order chi connectivity index (χ0) is 19.3. The van der Waals surface area contributed by atoms with Gasteiger partial charge in [0.25, 0.3) is 11.1 Å². The van der Waals surface area contributed by atoms with E-state index in [0.29, 0.717) is 33.6 Å². The molecule has 1 aromatic carbocycles. The standard InChI is InChI=1S/C19H20ClNO4S/c1-5-8-21-18(22)16(26-19(21)23)11-13-9-14(20)17(25-12(4)6-2)15(10-13)24-7-3/h1,9-12H,6-8H2,2-4H3/b16-11-. The second-order valence-electron chi connectivity index (χ2n) is 5.57. The van der Waals surface area contributed by atoms with Gasteiger partial charge in [0.2, 0.25) is 0 Å². The highest BCUT2D eigenvalue weighted by atomic mass is 35.5. The molecular formula is C19H20ClNO4S. The number of imide groups is 1. The van der Waals surface area contributed by atoms with Crippen molar-refractivity contribution in [1.82, 2.24) is 4.90 Å². The molecule has 138 valence electrons. The van der Waals surface area contributed by atoms with Crippen molar-refractivity contribution in [2.45, 2.75) is 33.3 Å². The highest BCUT2D eigenvalue weighted by molar-refractivity contribution is 8.18. The molecule has 1 aliphatic rings. The zero-order valence-electron chi connectivity index (χ0n) is 14.9. The Morgan fingerprint density at radius 2 is 2.12 bits per heavy atom. The van der Waals surface area contributed by atoms with E-state index in [1.807, 2.05) is 20.8 Å². The minimum atomic E-state index is -0.410. The van der Waals surface area contributed by atoms with Crippen molar-refractivity contribution < 1.29 is 19.1 Å². The van der Waals surface area contributed by atoms with E-state index in [1.165, 1.54) is 0 Å². The summed E-state index contributed by atoms with van der Waals surface area (Å²) in [6.45, 7) is 6.21. The van der Waals surface area contributed by atoms with E-state index < -0.39 is 5.91 Å². The van der Waals surface area contributed by atoms with E-state index in [1.54, 1.807) is 18.2 Å². The van der Waals surface area contributed by atoms with Gasteiger partial charge in [-0.25, -0.2) is 0 Å². The Hall–Kier alpha value is -2.10. The van der Waals surface area contributed by atoms with Crippen LogP contribution in [0.25, 0.3) is 6.08 Å². The molecule has 5 nitrogen and oxygen atoms in total. The molecule has 1 atom stereocenters. The molecule has 0 spiro atoms. The van der Waals surface area contributed by atoms with E-state index in [4.69, 9.17) is 27.5 Å². The lowest BCUT2D eigenvalue weighted by Crippen LogP contribution is -2.28. The average Bonchev–Trinajstić information content (AvgIpc) is 2.86. The molecule has 0 aliphatic carbocycles. The zero-order valence-corrected chi connectivity index (χ0v) is 16.4. The third-order valence-corrected chi connectivity index (χ3v) is 4.83. The van der Waals surface area contributed by atoms with E-state index in [9.17, 15) is 9.59 Å². The van der Waals surface area contributed by atoms with Gasteiger partial charge >= 0.3 is 0 Å². The normalized spacial score (nSPS) is 16.7. The van der Waals surface area contributed by atoms with Crippen LogP contribution in [0.1, 0.15) is 32.8 Å². The van der Waals surface area contributed by atoms with Crippen molar-refractivity contribution in [2.75, 3.05) is 13.2 Å². The number of thioether (sulfide) groups is 1. The topological polar surface area (TPSA) is 55.8 Å². The highest BCUT2D eigenvalue weighted by Crippen LogP contribution is 2.39. The number of hydrogen-bond acceptors (Lipinski definition) is 5. The number of benzene rings is 1. The number of ether oxygens (including phenoxy) is 2. The Morgan fingerprint density at radius 1 is 1.38 bits per heavy atom. The molecule has 0 aromatic heterocycles. The van der Waals surface area contributed by atoms with Gasteiger partial charge in [-0.1, -0.05) is 24.4 Å². The lowest BCUT2D eigenvalue weighted by Gasteiger charge is -2.18. The van der Waals surface area contributed by atoms with Gasteiger partial charge in [0.1, 0.15) is 0 Å². The molecule has 2 rings (SSSR count). The summed E-state index contributed by atoms with van der Waals surface area (Å²) in [5.41, 5.74) is 0.640. The molecule has 0 radical (unpaired) electrons. The van der Waals surface area contributed by atoms with Gasteiger partial charge in [-0.05, 0) is 55.8 Å². The molecule has 1 aromatic rings. The van der Waals surface area contributed by atoms with Gasteiger partial charge in [-0.15, -0.1) is 6.42 Å². The van der Waals surface area contributed by atoms with Crippen LogP contribution >= 0.6 is 23.4 Å². The molecule has 1 unspecified atom stereocenters. The van der Waals surface area contributed by atoms with Crippen LogP contribution in [0.3, 0.4) is 0 Å². The lowest BCUT2D eigenvalue weighted by molar-refractivity contribution is -0.122. The smallest absolute Gasteiger partial charge is 0.294 e. The van der Waals surface area contributed by atoms with Crippen molar-refractivity contribution in [3.63, 3.8) is 0 Å². The number of terminal acetylenes is 1. The van der Waals surface area contributed by atoms with E-state index >= 15 is 0 Å². The van der Waals surface area contributed by atoms with Crippen LogP contribution in [0.15, 0.2) is 17.0 Å². The fourth-order valence-electron chi connectivity index (χ4n) is 2.21. The van der Waals surface area contributed by atoms with E-state index in [-0.39, 0.29) is 17.9 Å². The fourth-order valence-corrected chi connectivity index (χ4v) is 3.31. The van der Waals surface area contributed by atoms with Crippen LogP contribution in [-0.4, -0.2) is 35.3 Å². The summed E-state index contributed by atoms with van der Waals surface area (Å²) in [5, 5.41) is -0.00240. The van der Waals surface area contributed by atoms with Crippen LogP contribution in [0.2, 0.25) is 5.02 Å². The molecule has 26 heavy (non-hydrogen) atoms. The third-order valence-electron chi connectivity index (χ3n) is 3.65. The first-order valence-electron chi connectivity index (χ1n) is 8.23. The van der Waals surface area contributed by atoms with Crippen molar-refractivity contribution in [2.24, 2.45) is 0 Å². The fraction of sp³-hybridized carbons (Fsp3) is 0.368. The Balaban J connectivity index is 2.37. The molecule has 7 heteroatoms. The molecule has 1 heterocycles. The summed E-state index contributed by atoms with van der Waals surface area (Å²) < 4.78 is 11.5. The minimum absolute atomic E-state index is 0.0159. The van der Waals surface area contributed by atoms with Crippen molar-refractivity contribution in [3.05, 3.63) is 27.6 Å². The van der Waals surface area contributed by atoms with Crippen molar-refractivity contribution in [3.8, 4) is 23.8 Å². The molecule has 1 saturated heterocycles. The predicted molar refractivity (Wildman–Crippen MR) is 105 cm³/mol. The summed E-state index contributed by atoms with van der Waals surface area (Å²) in [7, 11) is 0. The number of carbonyl (C=O) groups is 2. The van der Waals surface area contributed by atoms with Gasteiger partial charge in [0.05, 0.1) is 29.2 Å². The second kappa shape index (κ2) is 9.02. The number of amides is 2. The third kappa shape index (κ3) is 4.54. The Labute approximate surface area is 162 Å². The first-order valence-corrected chi connectivity index (χ1v) is 9.42. The quantitative estimate of drug-likeness (QED) is 0.501. The van der Waals surface area contributed by atoms with Crippen molar-refractivity contribution in [1.29, 1.82) is 0 Å². The van der Waals surface area contributed by atoms with Gasteiger partial charge in [0.15, 0.2) is 11.5 Å². The minimum Gasteiger partial charge on any atom is -0.490 e. The first kappa shape index (κ1) is 20.2. The Morgan fingerprint density at radius 3 is 2.73 bits per heavy atom. The summed E-state index contributed by atoms with van der Waals surface area (Å²) in [6, 6.07) is 3.42. The maximum Gasteiger partial charge on any atom is 0.294 e. The largest absolute Gasteiger partial charge is 0.490 e. The van der Waals surface area contributed by atoms with Gasteiger partial charge in [0, 0.05) is 0 Å². The number of rotatable bonds is 7. The average molecular weight is 394 g/mol. The molecule has 0 bridgehead atoms. The maximum absolute atomic E-state index is 12.3. The molecule has 2 amide bonds. The molecule has 1 aliphatic heterocycles. The molecular weight excluding hydrogens is 374 g/mol. The highest BCUT2D eigenvalue weighted by Gasteiger charge is 2.34. The SMILES string of the molecule is C#CCN1C(=O)S/C(=C\c2cc(Cl)c(OC(C)CC)c(OCC)c2)C1=O. The lowest BCUT2D eigenvalue weighted by atomic mass is 10.1. The van der Waals surface area contributed by atoms with E-state index in [2.05, 4.69) is 5.92 Å². The van der Waals surface area contributed by atoms with Crippen LogP contribution in [-0.2, 0) is 4.79 Å². The molecule has 0 N–H and O–H groups in total. The summed E-state index contributed by atoms with van der Waals surface area (Å²) in [5.74, 6) is 2.86. The van der Waals surface area contributed by atoms with E-state index in [0.717, 1.165) is 23.1 Å². The van der Waals surface area contributed by atoms with Crippen molar-refractivity contribution >= 4 is 40.6 Å². The summed E-state index contributed by atoms with van der Waals surface area (Å²) in [4.78, 5) is 25.5. The Bertz CT molecular complexity index is 784. The number of nitrogens with zero attached hydrogens (tertiary/aromatic N) is 1. The van der Waals surface area contributed by atoms with Crippen LogP contribution in [0.5, 0.6) is 11.5 Å². The molecule has 1 fully saturated rings. The van der Waals surface area contributed by atoms with Gasteiger partial charge in [-0.3, -0.25) is 14.5 Å². The second-order valence-corrected chi connectivity index (χ2v) is 6.97. The Kier molecular flexibility index (Phi) is 7.01. The predicted octanol–water partition coefficient (Wildman–Crippen LogP) is 4.59. The van der Waals surface area contributed by atoms with Crippen LogP contribution in [0.4, 0.5) is 4.79 Å². The van der Waals surface area contributed by atoms with Crippen LogP contribution in [0, 0.1) is 12.3 Å². The van der Waals surface area contributed by atoms with Gasteiger partial charge in [-0.2, -0.15) is 0 Å². The summed E-state index contributed by atoms with van der Waals surface area (Å²) in [6.07, 6.45) is 7.61. The van der Waals surface area contributed by atoms with Crippen LogP contribution < -0.4 is 9.47 Å². The number of carbonyl (C=O) groups excluding carboxylic acids is 2. The van der Waals surface area contributed by atoms with Gasteiger partial charge < -0.3 is 9.47 Å². The number of hydrogen-bond donors (Lipinski definition) is 0. The summed E-state index contributed by atoms with van der Waals surface area (Å²) >= 11 is 7.22. The monoisotopic (exact) mass is 393 g/mol. The maximum atomic E-state index is 12.3.